The maximum Gasteiger partial charge on any atom is 0.525 e. The van der Waals surface area contributed by atoms with Gasteiger partial charge in [0, 0.05) is 23.4 Å². The van der Waals surface area contributed by atoms with Gasteiger partial charge in [-0.3, -0.25) is 9.13 Å². The van der Waals surface area contributed by atoms with Crippen LogP contribution in [0.5, 0.6) is 17.2 Å². The normalized spacial score (nSPS) is 14.1. The second-order valence-corrected chi connectivity index (χ2v) is 12.3. The topological polar surface area (TPSA) is 43.4 Å². The molecule has 0 spiro atoms. The highest BCUT2D eigenvalue weighted by Crippen LogP contribution is 2.45. The van der Waals surface area contributed by atoms with E-state index in [9.17, 15) is 0 Å². The number of anilines is 2. The summed E-state index contributed by atoms with van der Waals surface area (Å²) in [4.78, 5) is 6.80. The molecule has 7 aromatic rings. The minimum absolute atomic E-state index is 0.202. The molecule has 46 heavy (non-hydrogen) atoms. The third-order valence-electron chi connectivity index (χ3n) is 9.12. The zero-order valence-corrected chi connectivity index (χ0v) is 25.5. The van der Waals surface area contributed by atoms with Gasteiger partial charge in [-0.2, -0.15) is 0 Å². The highest BCUT2D eigenvalue weighted by Gasteiger charge is 2.40. The first-order valence-corrected chi connectivity index (χ1v) is 15.5. The second kappa shape index (κ2) is 10.1. The van der Waals surface area contributed by atoms with Crippen molar-refractivity contribution >= 4 is 35.1 Å². The van der Waals surface area contributed by atoms with Crippen LogP contribution in [0.1, 0.15) is 25.0 Å². The van der Waals surface area contributed by atoms with Crippen LogP contribution < -0.4 is 24.2 Å². The van der Waals surface area contributed by atoms with Crippen LogP contribution in [0.3, 0.4) is 0 Å². The average Bonchev–Trinajstić information content (AvgIpc) is 3.68. The maximum atomic E-state index is 6.60. The van der Waals surface area contributed by atoms with E-state index in [4.69, 9.17) is 9.39 Å². The van der Waals surface area contributed by atoms with Gasteiger partial charge in [-0.15, -0.1) is 0 Å². The minimum Gasteiger partial charge on any atom is -0.535 e. The van der Waals surface area contributed by atoms with Gasteiger partial charge in [0.25, 0.3) is 6.33 Å². The Morgan fingerprint density at radius 3 is 2.39 bits per heavy atom. The number of aromatic nitrogens is 3. The first-order chi connectivity index (χ1) is 22.6. The molecule has 0 saturated carbocycles. The summed E-state index contributed by atoms with van der Waals surface area (Å²) in [6, 6.07) is 45.5. The molecular weight excluding hydrogens is 567 g/mol. The fourth-order valence-corrected chi connectivity index (χ4v) is 6.90. The van der Waals surface area contributed by atoms with Crippen LogP contribution in [0.4, 0.5) is 11.5 Å². The van der Waals surface area contributed by atoms with E-state index in [1.54, 1.807) is 6.20 Å². The van der Waals surface area contributed by atoms with Crippen molar-refractivity contribution in [2.45, 2.75) is 19.3 Å². The Labute approximate surface area is 267 Å². The first-order valence-electron chi connectivity index (χ1n) is 15.5. The molecule has 0 saturated heterocycles. The van der Waals surface area contributed by atoms with Crippen LogP contribution in [0.2, 0.25) is 0 Å². The standard InChI is InChI=1S/C39H29BN4O2/c1-39(2)32-22-21-31(25-35(32)43-26-42(28-14-7-4-8-15-28)34-19-10-18-33(39)37(34)43)45-30-17-9-16-29(24-30)44-38-36(20-11-23-41-38)46-40(44)27-12-5-3-6-13-27/h3-25H,1-2H3. The summed E-state index contributed by atoms with van der Waals surface area (Å²) in [6.45, 7) is 4.59. The molecule has 0 amide bonds. The summed E-state index contributed by atoms with van der Waals surface area (Å²) in [7, 11) is -0.338. The van der Waals surface area contributed by atoms with Crippen LogP contribution >= 0.6 is 0 Å². The highest BCUT2D eigenvalue weighted by atomic mass is 16.5. The quantitative estimate of drug-likeness (QED) is 0.118. The Morgan fingerprint density at radius 2 is 1.54 bits per heavy atom. The molecular formula is C39H29BN4O2. The SMILES string of the molecule is CC1(C)c2ccc(Oc3cccc(N4B(c5ccccc5)Oc5cccnc54)c3)cc2-n2[c-][n+](-c3ccccc3)c3cccc1c32. The van der Waals surface area contributed by atoms with Gasteiger partial charge in [-0.25, -0.2) is 4.98 Å². The fraction of sp³-hybridized carbons (Fsp3) is 0.0769. The molecule has 0 aliphatic carbocycles. The smallest absolute Gasteiger partial charge is 0.525 e. The van der Waals surface area contributed by atoms with E-state index in [1.165, 1.54) is 11.1 Å². The van der Waals surface area contributed by atoms with Crippen molar-refractivity contribution in [3.63, 3.8) is 0 Å². The van der Waals surface area contributed by atoms with Gasteiger partial charge in [-0.1, -0.05) is 92.7 Å². The van der Waals surface area contributed by atoms with E-state index in [-0.39, 0.29) is 12.5 Å². The lowest BCUT2D eigenvalue weighted by atomic mass is 9.71. The Hall–Kier alpha value is -5.82. The Morgan fingerprint density at radius 1 is 0.761 bits per heavy atom. The fourth-order valence-electron chi connectivity index (χ4n) is 6.90. The summed E-state index contributed by atoms with van der Waals surface area (Å²) in [5.41, 5.74) is 8.70. The molecule has 4 heterocycles. The summed E-state index contributed by atoms with van der Waals surface area (Å²) in [5.74, 6) is 3.01. The lowest BCUT2D eigenvalue weighted by Crippen LogP contribution is -2.47. The molecule has 7 heteroatoms. The van der Waals surface area contributed by atoms with Crippen LogP contribution in [-0.2, 0) is 5.41 Å². The van der Waals surface area contributed by atoms with Gasteiger partial charge >= 0.3 is 7.05 Å². The maximum absolute atomic E-state index is 6.60. The third-order valence-corrected chi connectivity index (χ3v) is 9.12. The van der Waals surface area contributed by atoms with Crippen molar-refractivity contribution in [1.82, 2.24) is 9.55 Å². The van der Waals surface area contributed by atoms with Gasteiger partial charge in [0.05, 0.1) is 22.4 Å². The first kappa shape index (κ1) is 26.6. The molecule has 2 aromatic heterocycles. The number of hydrogen-bond acceptors (Lipinski definition) is 4. The number of pyridine rings is 1. The van der Waals surface area contributed by atoms with Crippen molar-refractivity contribution in [3.8, 4) is 28.6 Å². The van der Waals surface area contributed by atoms with Crippen LogP contribution in [0.25, 0.3) is 22.4 Å². The Balaban J connectivity index is 1.12. The van der Waals surface area contributed by atoms with Crippen LogP contribution in [0.15, 0.2) is 140 Å². The number of hydrogen-bond donors (Lipinski definition) is 0. The number of imidazole rings is 1. The highest BCUT2D eigenvalue weighted by molar-refractivity contribution is 6.74. The van der Waals surface area contributed by atoms with Crippen molar-refractivity contribution in [2.24, 2.45) is 0 Å². The molecule has 2 aliphatic heterocycles. The Bertz CT molecular complexity index is 2270. The molecule has 0 N–H and O–H groups in total. The number of para-hydroxylation sites is 2. The van der Waals surface area contributed by atoms with Crippen LogP contribution in [-0.4, -0.2) is 16.6 Å². The number of ether oxygens (including phenoxy) is 1. The second-order valence-electron chi connectivity index (χ2n) is 12.3. The zero-order valence-electron chi connectivity index (χ0n) is 25.5. The molecule has 6 nitrogen and oxygen atoms in total. The van der Waals surface area contributed by atoms with Gasteiger partial charge in [0.15, 0.2) is 5.82 Å². The predicted octanol–water partition coefficient (Wildman–Crippen LogP) is 7.46. The molecule has 220 valence electrons. The third kappa shape index (κ3) is 4.05. The van der Waals surface area contributed by atoms with E-state index in [1.807, 2.05) is 54.6 Å². The lowest BCUT2D eigenvalue weighted by Gasteiger charge is -2.34. The predicted molar refractivity (Wildman–Crippen MR) is 181 cm³/mol. The van der Waals surface area contributed by atoms with E-state index < -0.39 is 0 Å². The van der Waals surface area contributed by atoms with Crippen molar-refractivity contribution in [2.75, 3.05) is 4.81 Å². The molecule has 2 aliphatic rings. The number of nitrogens with zero attached hydrogens (tertiary/aromatic N) is 4. The number of rotatable bonds is 5. The number of benzene rings is 5. The largest absolute Gasteiger partial charge is 0.535 e. The summed E-state index contributed by atoms with van der Waals surface area (Å²) >= 11 is 0. The minimum atomic E-state index is -0.338. The molecule has 0 unspecified atom stereocenters. The van der Waals surface area contributed by atoms with Gasteiger partial charge in [0.1, 0.15) is 17.2 Å². The molecule has 0 atom stereocenters. The lowest BCUT2D eigenvalue weighted by molar-refractivity contribution is -0.572. The Kier molecular flexibility index (Phi) is 5.84. The molecule has 0 radical (unpaired) electrons. The molecule has 0 bridgehead atoms. The van der Waals surface area contributed by atoms with Crippen LogP contribution in [0, 0.1) is 6.33 Å². The summed E-state index contributed by atoms with van der Waals surface area (Å²) < 4.78 is 17.3. The molecule has 9 rings (SSSR count). The van der Waals surface area contributed by atoms with Crippen molar-refractivity contribution in [1.29, 1.82) is 0 Å². The van der Waals surface area contributed by atoms with E-state index in [0.717, 1.165) is 56.6 Å². The molecule has 0 fully saturated rings. The van der Waals surface area contributed by atoms with E-state index >= 15 is 0 Å². The van der Waals surface area contributed by atoms with Crippen molar-refractivity contribution in [3.05, 3.63) is 157 Å². The van der Waals surface area contributed by atoms with Crippen molar-refractivity contribution < 1.29 is 14.0 Å². The summed E-state index contributed by atoms with van der Waals surface area (Å²) in [5, 5.41) is 0. The van der Waals surface area contributed by atoms with E-state index in [2.05, 4.69) is 118 Å². The molecule has 5 aromatic carbocycles. The number of fused-ring (bicyclic) bond motifs is 3. The monoisotopic (exact) mass is 596 g/mol. The van der Waals surface area contributed by atoms with E-state index in [0.29, 0.717) is 0 Å². The summed E-state index contributed by atoms with van der Waals surface area (Å²) in [6.07, 6.45) is 5.46. The van der Waals surface area contributed by atoms with Gasteiger partial charge in [-0.05, 0) is 65.1 Å². The van der Waals surface area contributed by atoms with Gasteiger partial charge in [0.2, 0.25) is 0 Å². The van der Waals surface area contributed by atoms with Gasteiger partial charge < -0.3 is 14.2 Å². The average molecular weight is 596 g/mol. The zero-order chi connectivity index (χ0) is 30.8.